The van der Waals surface area contributed by atoms with Crippen LogP contribution < -0.4 is 0 Å². The van der Waals surface area contributed by atoms with Crippen molar-refractivity contribution in [1.29, 1.82) is 0 Å². The zero-order valence-corrected chi connectivity index (χ0v) is 9.49. The molecule has 1 rings (SSSR count). The van der Waals surface area contributed by atoms with E-state index in [0.29, 0.717) is 18.2 Å². The third kappa shape index (κ3) is 3.22. The van der Waals surface area contributed by atoms with E-state index in [2.05, 4.69) is 6.58 Å². The molecule has 15 heavy (non-hydrogen) atoms. The first-order valence-corrected chi connectivity index (χ1v) is 5.24. The van der Waals surface area contributed by atoms with Gasteiger partial charge in [-0.05, 0) is 25.1 Å². The molecule has 0 unspecified atom stereocenters. The van der Waals surface area contributed by atoms with Crippen LogP contribution in [-0.2, 0) is 18.5 Å². The average molecular weight is 208 g/mol. The van der Waals surface area contributed by atoms with Gasteiger partial charge >= 0.3 is 21.4 Å². The number of carbonyl (C=O) groups is 1. The molecule has 0 radical (unpaired) electrons. The lowest BCUT2D eigenvalue weighted by Gasteiger charge is -2.29. The van der Waals surface area contributed by atoms with Crippen molar-refractivity contribution in [3.63, 3.8) is 0 Å². The van der Waals surface area contributed by atoms with Gasteiger partial charge in [0, 0.05) is 0 Å². The SMILES string of the molecule is C=C(C)C(=O)B1OB(CC)OB(CC)O1. The van der Waals surface area contributed by atoms with Crippen molar-refractivity contribution in [1.82, 2.24) is 0 Å². The zero-order chi connectivity index (χ0) is 11.4. The third-order valence-electron chi connectivity index (χ3n) is 2.16. The maximum atomic E-state index is 11.6. The van der Waals surface area contributed by atoms with Crippen LogP contribution in [0.2, 0.25) is 12.6 Å². The molecule has 0 aliphatic carbocycles. The first-order valence-electron chi connectivity index (χ1n) is 5.24. The molecule has 0 bridgehead atoms. The zero-order valence-electron chi connectivity index (χ0n) is 9.49. The van der Waals surface area contributed by atoms with E-state index >= 15 is 0 Å². The summed E-state index contributed by atoms with van der Waals surface area (Å²) >= 11 is 0. The van der Waals surface area contributed by atoms with Gasteiger partial charge in [0.2, 0.25) is 0 Å². The minimum Gasteiger partial charge on any atom is -0.453 e. The number of hydrogen-bond acceptors (Lipinski definition) is 4. The van der Waals surface area contributed by atoms with Crippen LogP contribution in [0.5, 0.6) is 0 Å². The van der Waals surface area contributed by atoms with Crippen LogP contribution in [0.1, 0.15) is 20.8 Å². The first kappa shape index (κ1) is 12.6. The van der Waals surface area contributed by atoms with Crippen LogP contribution in [0.4, 0.5) is 0 Å². The van der Waals surface area contributed by atoms with E-state index in [1.54, 1.807) is 6.92 Å². The normalized spacial score (nSPS) is 16.9. The highest BCUT2D eigenvalue weighted by molar-refractivity contribution is 6.92. The van der Waals surface area contributed by atoms with E-state index in [1.807, 2.05) is 13.8 Å². The molecule has 0 aromatic carbocycles. The molecule has 0 aromatic rings. The minimum absolute atomic E-state index is 0.213. The summed E-state index contributed by atoms with van der Waals surface area (Å²) in [5.41, 5.74) is 0.224. The maximum Gasteiger partial charge on any atom is 0.510 e. The lowest BCUT2D eigenvalue weighted by Crippen LogP contribution is -2.52. The van der Waals surface area contributed by atoms with E-state index in [1.165, 1.54) is 0 Å². The Morgan fingerprint density at radius 3 is 1.93 bits per heavy atom. The quantitative estimate of drug-likeness (QED) is 0.514. The fraction of sp³-hybridized carbons (Fsp3) is 0.625. The topological polar surface area (TPSA) is 44.8 Å². The predicted molar refractivity (Wildman–Crippen MR) is 61.3 cm³/mol. The highest BCUT2D eigenvalue weighted by atomic mass is 16.7. The molecule has 7 heteroatoms. The summed E-state index contributed by atoms with van der Waals surface area (Å²) in [5.74, 6) is 0. The second-order valence-corrected chi connectivity index (χ2v) is 3.56. The average Bonchev–Trinajstić information content (AvgIpc) is 2.27. The number of hydrogen-bond donors (Lipinski definition) is 0. The summed E-state index contributed by atoms with van der Waals surface area (Å²) in [6.07, 6.45) is 1.39. The predicted octanol–water partition coefficient (Wildman–Crippen LogP) is 1.24. The van der Waals surface area contributed by atoms with Crippen molar-refractivity contribution in [3.05, 3.63) is 12.2 Å². The second-order valence-electron chi connectivity index (χ2n) is 3.56. The van der Waals surface area contributed by atoms with E-state index in [-0.39, 0.29) is 19.9 Å². The second kappa shape index (κ2) is 5.54. The standard InChI is InChI=1S/C8H15B3O4/c1-5-9-13-10(6-2)15-11(14-9)8(12)7(3)4/h3,5-6H2,1-2,4H3. The van der Waals surface area contributed by atoms with Crippen LogP contribution >= 0.6 is 0 Å². The molecule has 0 spiro atoms. The van der Waals surface area contributed by atoms with Crippen molar-refractivity contribution in [2.45, 2.75) is 33.4 Å². The fourth-order valence-electron chi connectivity index (χ4n) is 1.25. The number of carbonyl (C=O) groups excluding carboxylic acids is 1. The molecule has 4 nitrogen and oxygen atoms in total. The third-order valence-corrected chi connectivity index (χ3v) is 2.16. The van der Waals surface area contributed by atoms with Crippen molar-refractivity contribution >= 4 is 27.0 Å². The van der Waals surface area contributed by atoms with Gasteiger partial charge in [0.15, 0.2) is 5.68 Å². The summed E-state index contributed by atoms with van der Waals surface area (Å²) in [4.78, 5) is 11.6. The summed E-state index contributed by atoms with van der Waals surface area (Å²) in [7, 11) is -1.58. The van der Waals surface area contributed by atoms with Crippen LogP contribution in [-0.4, -0.2) is 27.0 Å². The van der Waals surface area contributed by atoms with Crippen LogP contribution in [0.15, 0.2) is 12.2 Å². The van der Waals surface area contributed by atoms with Crippen molar-refractivity contribution < 1.29 is 18.5 Å². The number of allylic oxidation sites excluding steroid dienone is 1. The van der Waals surface area contributed by atoms with Crippen molar-refractivity contribution in [2.75, 3.05) is 0 Å². The maximum absolute atomic E-state index is 11.6. The molecule has 1 heterocycles. The summed E-state index contributed by atoms with van der Waals surface area (Å²) in [6.45, 7) is 9.10. The minimum atomic E-state index is -0.855. The highest BCUT2D eigenvalue weighted by Crippen LogP contribution is 2.15. The fourth-order valence-corrected chi connectivity index (χ4v) is 1.25. The lowest BCUT2D eigenvalue weighted by molar-refractivity contribution is -0.110. The summed E-state index contributed by atoms with van der Waals surface area (Å²) in [5, 5.41) is 0. The Morgan fingerprint density at radius 2 is 1.60 bits per heavy atom. The lowest BCUT2D eigenvalue weighted by atomic mass is 9.64. The Kier molecular flexibility index (Phi) is 4.63. The molecule has 0 atom stereocenters. The largest absolute Gasteiger partial charge is 0.510 e. The van der Waals surface area contributed by atoms with Crippen LogP contribution in [0.25, 0.3) is 0 Å². The van der Waals surface area contributed by atoms with Gasteiger partial charge in [0.25, 0.3) is 0 Å². The molecule has 80 valence electrons. The van der Waals surface area contributed by atoms with Gasteiger partial charge in [-0.3, -0.25) is 4.79 Å². The Hall–Kier alpha value is -0.515. The summed E-state index contributed by atoms with van der Waals surface area (Å²) in [6, 6.07) is 0. The molecule has 1 saturated heterocycles. The Morgan fingerprint density at radius 1 is 1.13 bits per heavy atom. The molecule has 0 saturated carbocycles. The first-order chi connectivity index (χ1) is 7.08. The number of rotatable bonds is 4. The van der Waals surface area contributed by atoms with Crippen LogP contribution in [0, 0.1) is 0 Å². The van der Waals surface area contributed by atoms with Gasteiger partial charge in [-0.1, -0.05) is 20.4 Å². The van der Waals surface area contributed by atoms with E-state index < -0.39 is 7.12 Å². The van der Waals surface area contributed by atoms with Gasteiger partial charge < -0.3 is 13.7 Å². The monoisotopic (exact) mass is 208 g/mol. The van der Waals surface area contributed by atoms with Gasteiger partial charge in [-0.15, -0.1) is 0 Å². The van der Waals surface area contributed by atoms with Gasteiger partial charge in [-0.2, -0.15) is 0 Å². The Labute approximate surface area is 91.8 Å². The molecule has 1 aliphatic heterocycles. The van der Waals surface area contributed by atoms with E-state index in [4.69, 9.17) is 13.7 Å². The van der Waals surface area contributed by atoms with Gasteiger partial charge in [0.05, 0.1) is 0 Å². The van der Waals surface area contributed by atoms with Crippen LogP contribution in [0.3, 0.4) is 0 Å². The molecule has 0 N–H and O–H groups in total. The van der Waals surface area contributed by atoms with Crippen molar-refractivity contribution in [3.8, 4) is 0 Å². The molecule has 0 amide bonds. The Bertz CT molecular complexity index is 246. The molecule has 1 fully saturated rings. The Balaban J connectivity index is 2.64. The molecular weight excluding hydrogens is 193 g/mol. The van der Waals surface area contributed by atoms with Gasteiger partial charge in [0.1, 0.15) is 0 Å². The van der Waals surface area contributed by atoms with E-state index in [9.17, 15) is 4.79 Å². The highest BCUT2D eigenvalue weighted by Gasteiger charge is 2.42. The molecule has 1 aliphatic rings. The smallest absolute Gasteiger partial charge is 0.453 e. The van der Waals surface area contributed by atoms with Crippen molar-refractivity contribution in [2.24, 2.45) is 0 Å². The van der Waals surface area contributed by atoms with Gasteiger partial charge in [-0.25, -0.2) is 0 Å². The molecule has 0 aromatic heterocycles. The molecular formula is C8H15B3O4. The summed E-state index contributed by atoms with van der Waals surface area (Å²) < 4.78 is 16.1. The van der Waals surface area contributed by atoms with E-state index in [0.717, 1.165) is 0 Å².